The highest BCUT2D eigenvalue weighted by atomic mass is 16.1. The molecule has 1 heteroatoms. The van der Waals surface area contributed by atoms with Gasteiger partial charge in [0.2, 0.25) is 0 Å². The molecule has 12 heavy (non-hydrogen) atoms. The lowest BCUT2D eigenvalue weighted by Gasteiger charge is -2.38. The molecular formula is C11H20O. The maximum Gasteiger partial charge on any atom is 0.120 e. The Bertz CT molecular complexity index is 179. The van der Waals surface area contributed by atoms with Gasteiger partial charge in [0.1, 0.15) is 6.29 Å². The van der Waals surface area contributed by atoms with Crippen molar-refractivity contribution < 1.29 is 4.79 Å². The largest absolute Gasteiger partial charge is 0.303 e. The standard InChI is InChI=1S/C11H20O/c1-10(2)7-5-9(6-8-12)11(10,3)4/h8-9H,5-7H2,1-4H3. The van der Waals surface area contributed by atoms with Crippen molar-refractivity contribution in [2.45, 2.75) is 47.0 Å². The zero-order valence-corrected chi connectivity index (χ0v) is 8.68. The summed E-state index contributed by atoms with van der Waals surface area (Å²) in [7, 11) is 0. The van der Waals surface area contributed by atoms with Crippen LogP contribution in [0.1, 0.15) is 47.0 Å². The molecule has 0 spiro atoms. The Hall–Kier alpha value is -0.330. The first-order chi connectivity index (χ1) is 5.42. The summed E-state index contributed by atoms with van der Waals surface area (Å²) in [5.74, 6) is 0.602. The van der Waals surface area contributed by atoms with Gasteiger partial charge < -0.3 is 4.79 Å². The van der Waals surface area contributed by atoms with Crippen molar-refractivity contribution >= 4 is 6.29 Å². The minimum Gasteiger partial charge on any atom is -0.303 e. The topological polar surface area (TPSA) is 17.1 Å². The summed E-state index contributed by atoms with van der Waals surface area (Å²) in [5, 5.41) is 0. The number of hydrogen-bond donors (Lipinski definition) is 0. The van der Waals surface area contributed by atoms with Gasteiger partial charge in [0.25, 0.3) is 0 Å². The fourth-order valence-corrected chi connectivity index (χ4v) is 2.30. The van der Waals surface area contributed by atoms with Crippen LogP contribution in [0.5, 0.6) is 0 Å². The molecule has 0 N–H and O–H groups in total. The van der Waals surface area contributed by atoms with E-state index in [9.17, 15) is 4.79 Å². The van der Waals surface area contributed by atoms with Crippen molar-refractivity contribution in [2.75, 3.05) is 0 Å². The number of carbonyl (C=O) groups excluding carboxylic acids is 1. The monoisotopic (exact) mass is 168 g/mol. The summed E-state index contributed by atoms with van der Waals surface area (Å²) in [5.41, 5.74) is 0.731. The van der Waals surface area contributed by atoms with E-state index in [-0.39, 0.29) is 0 Å². The summed E-state index contributed by atoms with van der Waals surface area (Å²) in [6.07, 6.45) is 4.31. The molecule has 0 saturated heterocycles. The fourth-order valence-electron chi connectivity index (χ4n) is 2.30. The van der Waals surface area contributed by atoms with Crippen LogP contribution < -0.4 is 0 Å². The number of rotatable bonds is 2. The van der Waals surface area contributed by atoms with E-state index >= 15 is 0 Å². The first kappa shape index (κ1) is 9.76. The molecule has 0 heterocycles. The van der Waals surface area contributed by atoms with Crippen LogP contribution in [0, 0.1) is 16.7 Å². The maximum absolute atomic E-state index is 10.5. The predicted octanol–water partition coefficient (Wildman–Crippen LogP) is 3.04. The van der Waals surface area contributed by atoms with Gasteiger partial charge in [-0.15, -0.1) is 0 Å². The van der Waals surface area contributed by atoms with Crippen molar-refractivity contribution in [3.8, 4) is 0 Å². The van der Waals surface area contributed by atoms with E-state index < -0.39 is 0 Å². The van der Waals surface area contributed by atoms with E-state index in [1.165, 1.54) is 12.8 Å². The molecule has 0 radical (unpaired) electrons. The summed E-state index contributed by atoms with van der Waals surface area (Å²) in [6.45, 7) is 9.23. The lowest BCUT2D eigenvalue weighted by Crippen LogP contribution is -2.31. The Morgan fingerprint density at radius 2 is 1.92 bits per heavy atom. The van der Waals surface area contributed by atoms with Crippen LogP contribution in [0.4, 0.5) is 0 Å². The van der Waals surface area contributed by atoms with Crippen molar-refractivity contribution in [2.24, 2.45) is 16.7 Å². The lowest BCUT2D eigenvalue weighted by molar-refractivity contribution is -0.109. The highest BCUT2D eigenvalue weighted by Gasteiger charge is 2.47. The molecule has 1 aliphatic carbocycles. The van der Waals surface area contributed by atoms with Crippen molar-refractivity contribution in [3.63, 3.8) is 0 Å². The zero-order chi connectivity index (χ0) is 9.41. The third kappa shape index (κ3) is 1.30. The van der Waals surface area contributed by atoms with Crippen LogP contribution in [0.25, 0.3) is 0 Å². The third-order valence-electron chi connectivity index (χ3n) is 4.26. The van der Waals surface area contributed by atoms with Gasteiger partial charge in [-0.2, -0.15) is 0 Å². The first-order valence-electron chi connectivity index (χ1n) is 4.85. The smallest absolute Gasteiger partial charge is 0.120 e. The molecule has 1 nitrogen and oxygen atoms in total. The van der Waals surface area contributed by atoms with E-state index in [0.29, 0.717) is 16.7 Å². The molecule has 0 aromatic rings. The molecular weight excluding hydrogens is 148 g/mol. The molecule has 70 valence electrons. The lowest BCUT2D eigenvalue weighted by atomic mass is 9.66. The van der Waals surface area contributed by atoms with Crippen molar-refractivity contribution in [3.05, 3.63) is 0 Å². The molecule has 0 aromatic carbocycles. The van der Waals surface area contributed by atoms with Gasteiger partial charge in [0.15, 0.2) is 0 Å². The minimum atomic E-state index is 0.327. The molecule has 1 unspecified atom stereocenters. The summed E-state index contributed by atoms with van der Waals surface area (Å²) in [4.78, 5) is 10.5. The molecule has 1 rings (SSSR count). The van der Waals surface area contributed by atoms with Crippen molar-refractivity contribution in [1.29, 1.82) is 0 Å². The van der Waals surface area contributed by atoms with E-state index in [1.54, 1.807) is 0 Å². The van der Waals surface area contributed by atoms with Gasteiger partial charge in [0.05, 0.1) is 0 Å². The van der Waals surface area contributed by atoms with E-state index in [0.717, 1.165) is 12.7 Å². The van der Waals surface area contributed by atoms with Crippen LogP contribution in [-0.2, 0) is 4.79 Å². The molecule has 1 atom stereocenters. The normalized spacial score (nSPS) is 31.8. The van der Waals surface area contributed by atoms with E-state index in [1.807, 2.05) is 0 Å². The molecule has 1 saturated carbocycles. The van der Waals surface area contributed by atoms with Gasteiger partial charge in [-0.1, -0.05) is 27.7 Å². The van der Waals surface area contributed by atoms with Crippen LogP contribution in [-0.4, -0.2) is 6.29 Å². The molecule has 1 fully saturated rings. The second-order valence-electron chi connectivity index (χ2n) is 5.24. The summed E-state index contributed by atoms with van der Waals surface area (Å²) >= 11 is 0. The Morgan fingerprint density at radius 1 is 1.33 bits per heavy atom. The van der Waals surface area contributed by atoms with Crippen LogP contribution in [0.3, 0.4) is 0 Å². The highest BCUT2D eigenvalue weighted by Crippen LogP contribution is 2.56. The molecule has 0 amide bonds. The van der Waals surface area contributed by atoms with Crippen LogP contribution in [0.15, 0.2) is 0 Å². The molecule has 0 aromatic heterocycles. The second-order valence-corrected chi connectivity index (χ2v) is 5.24. The zero-order valence-electron chi connectivity index (χ0n) is 8.68. The van der Waals surface area contributed by atoms with Crippen LogP contribution in [0.2, 0.25) is 0 Å². The van der Waals surface area contributed by atoms with Gasteiger partial charge in [-0.25, -0.2) is 0 Å². The maximum atomic E-state index is 10.5. The minimum absolute atomic E-state index is 0.327. The first-order valence-corrected chi connectivity index (χ1v) is 4.85. The average Bonchev–Trinajstić information content (AvgIpc) is 2.13. The van der Waals surface area contributed by atoms with Gasteiger partial charge in [0, 0.05) is 6.42 Å². The Labute approximate surface area is 75.5 Å². The number of hydrogen-bond acceptors (Lipinski definition) is 1. The van der Waals surface area contributed by atoms with Crippen LogP contribution >= 0.6 is 0 Å². The van der Waals surface area contributed by atoms with E-state index in [4.69, 9.17) is 0 Å². The quantitative estimate of drug-likeness (QED) is 0.579. The van der Waals surface area contributed by atoms with Gasteiger partial charge in [-0.05, 0) is 29.6 Å². The molecule has 0 aliphatic heterocycles. The number of aldehydes is 1. The van der Waals surface area contributed by atoms with E-state index in [2.05, 4.69) is 27.7 Å². The third-order valence-corrected chi connectivity index (χ3v) is 4.26. The summed E-state index contributed by atoms with van der Waals surface area (Å²) < 4.78 is 0. The second kappa shape index (κ2) is 2.86. The fraction of sp³-hybridized carbons (Fsp3) is 0.909. The van der Waals surface area contributed by atoms with Gasteiger partial charge >= 0.3 is 0 Å². The highest BCUT2D eigenvalue weighted by molar-refractivity contribution is 5.50. The SMILES string of the molecule is CC1(C)CCC(CC=O)C1(C)C. The number of carbonyl (C=O) groups is 1. The van der Waals surface area contributed by atoms with Crippen molar-refractivity contribution in [1.82, 2.24) is 0 Å². The predicted molar refractivity (Wildman–Crippen MR) is 51.0 cm³/mol. The molecule has 0 bridgehead atoms. The summed E-state index contributed by atoms with van der Waals surface area (Å²) in [6, 6.07) is 0. The Kier molecular flexibility index (Phi) is 2.33. The van der Waals surface area contributed by atoms with Gasteiger partial charge in [-0.3, -0.25) is 0 Å². The average molecular weight is 168 g/mol. The Morgan fingerprint density at radius 3 is 2.25 bits per heavy atom. The molecule has 1 aliphatic rings. The Balaban J connectivity index is 2.77.